The predicted octanol–water partition coefficient (Wildman–Crippen LogP) is 5.15. The van der Waals surface area contributed by atoms with Gasteiger partial charge < -0.3 is 24.8 Å². The van der Waals surface area contributed by atoms with E-state index in [1.165, 1.54) is 4.57 Å². The number of aliphatic hydroxyl groups excluding tert-OH is 1. The van der Waals surface area contributed by atoms with Gasteiger partial charge in [-0.25, -0.2) is 4.85 Å². The van der Waals surface area contributed by atoms with E-state index < -0.39 is 17.3 Å². The van der Waals surface area contributed by atoms with E-state index in [4.69, 9.17) is 16.0 Å². The molecule has 2 unspecified atom stereocenters. The maximum atomic E-state index is 11.6. The van der Waals surface area contributed by atoms with Crippen LogP contribution in [-0.4, -0.2) is 42.4 Å². The van der Waals surface area contributed by atoms with Crippen LogP contribution < -0.4 is 4.74 Å². The van der Waals surface area contributed by atoms with Gasteiger partial charge in [-0.3, -0.25) is 9.25 Å². The molecule has 2 aliphatic rings. The molecule has 0 saturated carbocycles. The minimum Gasteiger partial charge on any atom is -0.494 e. The first-order chi connectivity index (χ1) is 18.8. The zero-order chi connectivity index (χ0) is 27.1. The fourth-order valence-electron chi connectivity index (χ4n) is 6.51. The molecular weight excluding hydrogens is 496 g/mol. The van der Waals surface area contributed by atoms with E-state index in [-0.39, 0.29) is 24.8 Å². The van der Waals surface area contributed by atoms with Gasteiger partial charge in [0.2, 0.25) is 17.6 Å². The van der Waals surface area contributed by atoms with E-state index >= 15 is 0 Å². The molecule has 5 aromatic rings. The van der Waals surface area contributed by atoms with Crippen molar-refractivity contribution in [1.82, 2.24) is 14.3 Å². The number of hydrogen-bond acceptors (Lipinski definition) is 6. The summed E-state index contributed by atoms with van der Waals surface area (Å²) < 4.78 is 15.7. The van der Waals surface area contributed by atoms with Gasteiger partial charge in [-0.05, 0) is 35.9 Å². The van der Waals surface area contributed by atoms with Gasteiger partial charge in [0.25, 0.3) is 0 Å². The highest BCUT2D eigenvalue weighted by Gasteiger charge is 2.66. The third kappa shape index (κ3) is 3.04. The number of rotatable bonds is 5. The fraction of sp³-hybridized carbons (Fsp3) is 0.267. The number of aromatic nitrogens is 3. The van der Waals surface area contributed by atoms with Crippen molar-refractivity contribution in [3.8, 4) is 23.3 Å². The summed E-state index contributed by atoms with van der Waals surface area (Å²) in [7, 11) is 1.86. The molecule has 3 aromatic carbocycles. The van der Waals surface area contributed by atoms with E-state index in [0.717, 1.165) is 10.9 Å². The summed E-state index contributed by atoms with van der Waals surface area (Å²) in [5.74, 6) is 0.158. The standard InChI is InChI=1S/C30H26N4O5/c1-29-23(35)16-30(39-29,14-15-38-26-19-10-6-7-11-21(19)33(3)32-26)25-24(29)27(36)34(28(25)37)22-13-12-20(31-2)17-8-4-5-9-18(17)22/h4-13,23,35-37H,14-16H2,1,3H3/t23-,29?,30?/m1/s1. The van der Waals surface area contributed by atoms with E-state index in [1.807, 2.05) is 55.6 Å². The lowest BCUT2D eigenvalue weighted by atomic mass is 9.76. The Morgan fingerprint density at radius 1 is 1.03 bits per heavy atom. The Balaban J connectivity index is 1.31. The van der Waals surface area contributed by atoms with Gasteiger partial charge in [0.05, 0.1) is 47.0 Å². The summed E-state index contributed by atoms with van der Waals surface area (Å²) in [5.41, 5.74) is 0.533. The molecule has 3 atom stereocenters. The number of nitrogens with zero attached hydrogens (tertiary/aromatic N) is 4. The first kappa shape index (κ1) is 23.6. The Morgan fingerprint density at radius 3 is 2.49 bits per heavy atom. The second kappa shape index (κ2) is 7.99. The number of benzene rings is 3. The summed E-state index contributed by atoms with van der Waals surface area (Å²) in [6.45, 7) is 9.48. The molecule has 0 radical (unpaired) electrons. The van der Waals surface area contributed by atoms with Gasteiger partial charge in [0, 0.05) is 19.9 Å². The number of ether oxygens (including phenoxy) is 2. The van der Waals surface area contributed by atoms with Crippen LogP contribution in [0.15, 0.2) is 60.7 Å². The molecule has 196 valence electrons. The Bertz CT molecular complexity index is 1850. The van der Waals surface area contributed by atoms with Crippen molar-refractivity contribution in [2.24, 2.45) is 7.05 Å². The van der Waals surface area contributed by atoms with Crippen molar-refractivity contribution in [2.75, 3.05) is 6.61 Å². The second-order valence-electron chi connectivity index (χ2n) is 10.5. The average Bonchev–Trinajstić information content (AvgIpc) is 3.58. The maximum Gasteiger partial charge on any atom is 0.240 e. The molecule has 0 spiro atoms. The number of fused-ring (bicyclic) bond motifs is 7. The van der Waals surface area contributed by atoms with Crippen molar-refractivity contribution >= 4 is 27.4 Å². The Kier molecular flexibility index (Phi) is 4.83. The molecular formula is C30H26N4O5. The van der Waals surface area contributed by atoms with Gasteiger partial charge in [0.15, 0.2) is 5.69 Å². The van der Waals surface area contributed by atoms with Crippen LogP contribution >= 0.6 is 0 Å². The monoisotopic (exact) mass is 522 g/mol. The molecule has 2 bridgehead atoms. The zero-order valence-electron chi connectivity index (χ0n) is 21.4. The SMILES string of the molecule is [C-]#[N+]c1ccc(-n2c(O)c3c(c2O)C2(C)OC3(CCOc3nn(C)c4ccccc34)C[C@H]2O)c2ccccc12. The lowest BCUT2D eigenvalue weighted by Gasteiger charge is -2.26. The van der Waals surface area contributed by atoms with E-state index in [1.54, 1.807) is 23.7 Å². The van der Waals surface area contributed by atoms with Crippen LogP contribution in [0.25, 0.3) is 32.2 Å². The predicted molar refractivity (Wildman–Crippen MR) is 144 cm³/mol. The molecule has 39 heavy (non-hydrogen) atoms. The van der Waals surface area contributed by atoms with Gasteiger partial charge in [-0.1, -0.05) is 42.5 Å². The third-order valence-corrected chi connectivity index (χ3v) is 8.35. The van der Waals surface area contributed by atoms with Crippen LogP contribution in [0, 0.1) is 6.57 Å². The molecule has 9 nitrogen and oxygen atoms in total. The van der Waals surface area contributed by atoms with Crippen molar-refractivity contribution < 1.29 is 24.8 Å². The minimum atomic E-state index is -1.20. The highest BCUT2D eigenvalue weighted by Crippen LogP contribution is 2.65. The van der Waals surface area contributed by atoms with Crippen LogP contribution in [0.5, 0.6) is 17.6 Å². The lowest BCUT2D eigenvalue weighted by molar-refractivity contribution is -0.107. The zero-order valence-corrected chi connectivity index (χ0v) is 21.4. The molecule has 0 amide bonds. The highest BCUT2D eigenvalue weighted by molar-refractivity contribution is 6.00. The fourth-order valence-corrected chi connectivity index (χ4v) is 6.51. The quantitative estimate of drug-likeness (QED) is 0.276. The summed E-state index contributed by atoms with van der Waals surface area (Å²) in [5, 5.41) is 41.0. The Hall–Kier alpha value is -4.52. The summed E-state index contributed by atoms with van der Waals surface area (Å²) in [4.78, 5) is 3.62. The second-order valence-corrected chi connectivity index (χ2v) is 10.5. The minimum absolute atomic E-state index is 0.151. The molecule has 3 N–H and O–H groups in total. The van der Waals surface area contributed by atoms with Crippen LogP contribution in [0.2, 0.25) is 0 Å². The number of para-hydroxylation sites is 1. The van der Waals surface area contributed by atoms with Gasteiger partial charge in [-0.15, -0.1) is 5.10 Å². The van der Waals surface area contributed by atoms with Crippen molar-refractivity contribution in [3.05, 3.63) is 83.2 Å². The van der Waals surface area contributed by atoms with E-state index in [9.17, 15) is 15.3 Å². The van der Waals surface area contributed by atoms with Crippen LogP contribution in [0.3, 0.4) is 0 Å². The molecule has 0 aliphatic carbocycles. The number of aliphatic hydroxyl groups is 1. The molecule has 4 heterocycles. The van der Waals surface area contributed by atoms with E-state index in [2.05, 4.69) is 9.94 Å². The van der Waals surface area contributed by atoms with Gasteiger partial charge in [-0.2, -0.15) is 0 Å². The Labute approximate surface area is 223 Å². The number of hydrogen-bond donors (Lipinski definition) is 3. The molecule has 2 aliphatic heterocycles. The molecule has 7 rings (SSSR count). The van der Waals surface area contributed by atoms with Gasteiger partial charge in [0.1, 0.15) is 11.2 Å². The molecule has 9 heteroatoms. The first-order valence-corrected chi connectivity index (χ1v) is 12.8. The van der Waals surface area contributed by atoms with Crippen LogP contribution in [0.4, 0.5) is 5.69 Å². The Morgan fingerprint density at radius 2 is 1.72 bits per heavy atom. The third-order valence-electron chi connectivity index (χ3n) is 8.35. The van der Waals surface area contributed by atoms with Crippen molar-refractivity contribution in [3.63, 3.8) is 0 Å². The lowest BCUT2D eigenvalue weighted by Crippen LogP contribution is -2.33. The summed E-state index contributed by atoms with van der Waals surface area (Å²) in [6.07, 6.45) is -0.313. The molecule has 2 aromatic heterocycles. The normalized spacial score (nSPS) is 23.4. The van der Waals surface area contributed by atoms with Crippen LogP contribution in [0.1, 0.15) is 30.9 Å². The van der Waals surface area contributed by atoms with Crippen LogP contribution in [-0.2, 0) is 23.0 Å². The number of aromatic hydroxyl groups is 2. The van der Waals surface area contributed by atoms with Crippen molar-refractivity contribution in [2.45, 2.75) is 37.1 Å². The van der Waals surface area contributed by atoms with Gasteiger partial charge >= 0.3 is 0 Å². The summed E-state index contributed by atoms with van der Waals surface area (Å²) >= 11 is 0. The molecule has 1 saturated heterocycles. The first-order valence-electron chi connectivity index (χ1n) is 12.8. The number of aryl methyl sites for hydroxylation is 1. The largest absolute Gasteiger partial charge is 0.494 e. The highest BCUT2D eigenvalue weighted by atomic mass is 16.6. The average molecular weight is 523 g/mol. The van der Waals surface area contributed by atoms with Crippen molar-refractivity contribution in [1.29, 1.82) is 0 Å². The molecule has 1 fully saturated rings. The van der Waals surface area contributed by atoms with E-state index in [0.29, 0.717) is 45.6 Å². The topological polar surface area (TPSA) is 106 Å². The summed E-state index contributed by atoms with van der Waals surface area (Å²) in [6, 6.07) is 18.6. The maximum absolute atomic E-state index is 11.6. The smallest absolute Gasteiger partial charge is 0.240 e.